The molecule has 0 saturated carbocycles. The van der Waals surface area contributed by atoms with Crippen LogP contribution in [0.5, 0.6) is 57.5 Å². The number of aromatic nitrogens is 1. The highest BCUT2D eigenvalue weighted by Crippen LogP contribution is 2.52. The molecule has 0 radical (unpaired) electrons. The normalized spacial score (nSPS) is 13.2. The Labute approximate surface area is 807 Å². The highest BCUT2D eigenvalue weighted by Gasteiger charge is 2.48. The average Bonchev–Trinajstić information content (AvgIpc) is 0.798. The summed E-state index contributed by atoms with van der Waals surface area (Å²) in [5.74, 6) is 8.99. The third-order valence-electron chi connectivity index (χ3n) is 28.0. The molecule has 1 aliphatic carbocycles. The largest absolute Gasteiger partial charge is 0.458 e. The molecule has 27 rings (SSSR count). The molecule has 10 heteroatoms. The van der Waals surface area contributed by atoms with E-state index in [-0.39, 0.29) is 45.9 Å². The fourth-order valence-corrected chi connectivity index (χ4v) is 23.6. The Morgan fingerprint density at radius 1 is 0.213 bits per heavy atom. The molecule has 6 aliphatic rings. The monoisotopic (exact) mass is 1800 g/mol. The van der Waals surface area contributed by atoms with Crippen LogP contribution in [0.2, 0.25) is 0 Å². The minimum atomic E-state index is 0.0121. The summed E-state index contributed by atoms with van der Waals surface area (Å²) >= 11 is 3.81. The Balaban J connectivity index is 0.0000000954. The van der Waals surface area contributed by atoms with E-state index in [1.165, 1.54) is 167 Å². The Bertz CT molecular complexity index is 8120. The number of rotatable bonds is 0. The van der Waals surface area contributed by atoms with Gasteiger partial charge in [-0.3, -0.25) is 0 Å². The van der Waals surface area contributed by atoms with Gasteiger partial charge in [0.2, 0.25) is 0 Å². The summed E-state index contributed by atoms with van der Waals surface area (Å²) < 4.78 is 39.5. The van der Waals surface area contributed by atoms with E-state index in [1.807, 2.05) is 71.2 Å². The summed E-state index contributed by atoms with van der Waals surface area (Å²) in [5.41, 5.74) is 30.1. The topological polar surface area (TPSA) is 50.6 Å². The number of benzene rings is 17. The van der Waals surface area contributed by atoms with Crippen molar-refractivity contribution in [3.8, 4) is 102 Å². The van der Waals surface area contributed by atoms with Gasteiger partial charge in [0.25, 0.3) is 13.4 Å². The van der Waals surface area contributed by atoms with Gasteiger partial charge >= 0.3 is 0 Å². The zero-order chi connectivity index (χ0) is 94.0. The van der Waals surface area contributed by atoms with Crippen molar-refractivity contribution in [1.82, 2.24) is 4.40 Å². The lowest BCUT2D eigenvalue weighted by molar-refractivity contribution is 0.439. The van der Waals surface area contributed by atoms with E-state index >= 15 is 0 Å². The Morgan fingerprint density at radius 3 is 1.00 bits per heavy atom. The van der Waals surface area contributed by atoms with Gasteiger partial charge in [-0.15, -0.1) is 22.7 Å². The van der Waals surface area contributed by atoms with Crippen molar-refractivity contribution in [2.75, 3.05) is 0 Å². The second-order valence-corrected chi connectivity index (χ2v) is 45.4. The molecule has 0 saturated heterocycles. The van der Waals surface area contributed by atoms with Crippen molar-refractivity contribution in [3.05, 3.63) is 379 Å². The van der Waals surface area contributed by atoms with Crippen molar-refractivity contribution in [3.63, 3.8) is 0 Å². The summed E-state index contributed by atoms with van der Waals surface area (Å²) in [4.78, 5) is 0. The van der Waals surface area contributed by atoms with Gasteiger partial charge in [-0.1, -0.05) is 361 Å². The van der Waals surface area contributed by atoms with Crippen molar-refractivity contribution < 1.29 is 23.7 Å². The van der Waals surface area contributed by atoms with Crippen LogP contribution in [-0.2, 0) is 32.5 Å². The van der Waals surface area contributed by atoms with Gasteiger partial charge in [-0.2, -0.15) is 0 Å². The maximum atomic E-state index is 6.33. The van der Waals surface area contributed by atoms with Gasteiger partial charge in [-0.05, 0) is 230 Å². The van der Waals surface area contributed by atoms with Gasteiger partial charge in [0.05, 0.1) is 16.6 Å². The molecule has 0 bridgehead atoms. The zero-order valence-electron chi connectivity index (χ0n) is 80.9. The van der Waals surface area contributed by atoms with Crippen molar-refractivity contribution in [2.45, 2.75) is 157 Å². The van der Waals surface area contributed by atoms with Gasteiger partial charge in [-0.25, -0.2) is 0 Å². The van der Waals surface area contributed by atoms with Crippen molar-refractivity contribution in [1.29, 1.82) is 0 Å². The molecule has 6 nitrogen and oxygen atoms in total. The summed E-state index contributed by atoms with van der Waals surface area (Å²) in [6.07, 6.45) is 0. The first kappa shape index (κ1) is 87.5. The molecule has 136 heavy (non-hydrogen) atoms. The molecule has 0 amide bonds. The molecule has 0 N–H and O–H groups in total. The first-order valence-electron chi connectivity index (χ1n) is 47.9. The molecule has 668 valence electrons. The van der Waals surface area contributed by atoms with Crippen LogP contribution in [0.15, 0.2) is 346 Å². The number of para-hydroxylation sites is 4. The van der Waals surface area contributed by atoms with E-state index in [9.17, 15) is 0 Å². The number of thiophene rings is 2. The van der Waals surface area contributed by atoms with Crippen LogP contribution in [0.3, 0.4) is 0 Å². The second kappa shape index (κ2) is 33.0. The van der Waals surface area contributed by atoms with Crippen LogP contribution in [0.4, 0.5) is 0 Å². The summed E-state index contributed by atoms with van der Waals surface area (Å²) in [7, 11) is 0. The fraction of sp³-hybridized carbons (Fsp3) is 0.190. The first-order chi connectivity index (χ1) is 65.3. The van der Waals surface area contributed by atoms with E-state index in [2.05, 4.69) is 426 Å². The van der Waals surface area contributed by atoms with Crippen LogP contribution < -0.4 is 56.5 Å². The molecule has 17 aromatic carbocycles. The molecular weight excluding hydrogens is 1690 g/mol. The summed E-state index contributed by atoms with van der Waals surface area (Å²) in [5, 5.41) is 11.1. The van der Waals surface area contributed by atoms with Crippen molar-refractivity contribution in [2.24, 2.45) is 0 Å². The number of ether oxygens (including phenoxy) is 5. The maximum Gasteiger partial charge on any atom is 0.270 e. The van der Waals surface area contributed by atoms with E-state index in [0.717, 1.165) is 79.3 Å². The Hall–Kier alpha value is -13.9. The number of nitrogens with zero attached hydrogens (tertiary/aromatic N) is 1. The molecule has 0 unspecified atom stereocenters. The molecule has 0 spiro atoms. The molecule has 0 fully saturated rings. The van der Waals surface area contributed by atoms with Gasteiger partial charge in [0, 0.05) is 83.7 Å². The second-order valence-electron chi connectivity index (χ2n) is 43.3. The highest BCUT2D eigenvalue weighted by atomic mass is 32.1. The van der Waals surface area contributed by atoms with Crippen LogP contribution in [-0.4, -0.2) is 17.8 Å². The first-order valence-corrected chi connectivity index (χ1v) is 49.5. The predicted molar refractivity (Wildman–Crippen MR) is 582 cm³/mol. The van der Waals surface area contributed by atoms with Gasteiger partial charge in [0.15, 0.2) is 0 Å². The third-order valence-corrected chi connectivity index (χ3v) is 30.4. The standard InChI is InChI=1S/C28H24.C22H17BO3.C22H19BO2.C22H19N.2C16H16S/c1-28(2,3)19-16-17-26-24-14-7-6-12-22(24)20-10-4-5-11-21(20)23-13-8-9-15-25(23)27(26)18-19;1-22(2,3)12-10-17-21-18(11-12)26-16-9-5-7-14-20(16)23(21)19-13(24-14)6-4-8-15(19)25-17;1-22(2,3)14-12-19-21-20(13-14)25-18-11-7-5-9-16(18)23(21)15-8-4-6-10-17(15)24-19;1-22(2,3)14-12-17-15-8-4-6-10-19(15)23-20-11-7-5-9-16(20)18(13-14)21(17)23;1-16(2,3)13-9-6-8-12-11-7-4-5-10-14(11)17-15(12)13;1-16(2,3)12-8-6-10-14-15(12)11-7-4-5-9-13(11)17-14/h4-18H,1-3H3;4-11H,1-3H3;4-13H,1-3H3;4-13H,1-3H3;2*4-10H,1-3H3. The molecule has 21 aromatic rings. The Morgan fingerprint density at radius 2 is 0.537 bits per heavy atom. The fourth-order valence-electron chi connectivity index (χ4n) is 21.0. The molecule has 0 atom stereocenters. The minimum Gasteiger partial charge on any atom is -0.458 e. The molecule has 4 aromatic heterocycles. The Kier molecular flexibility index (Phi) is 21.2. The molecular formula is C126H111B2NO5S2. The number of hydrogen-bond acceptors (Lipinski definition) is 7. The minimum absolute atomic E-state index is 0.0121. The zero-order valence-corrected chi connectivity index (χ0v) is 82.5. The summed E-state index contributed by atoms with van der Waals surface area (Å²) in [6.45, 7) is 41.0. The quantitative estimate of drug-likeness (QED) is 0.142. The lowest BCUT2D eigenvalue weighted by Crippen LogP contribution is -2.59. The van der Waals surface area contributed by atoms with E-state index in [0.29, 0.717) is 0 Å². The number of hydrogen-bond donors (Lipinski definition) is 0. The van der Waals surface area contributed by atoms with Crippen LogP contribution >= 0.6 is 22.7 Å². The van der Waals surface area contributed by atoms with Crippen molar-refractivity contribution >= 4 is 147 Å². The SMILES string of the molecule is CC(C)(C)c1cc2c3c(c1)Oc1cccc4c1B3c1c(cccc1O2)O4.CC(C)(C)c1cc2c3c(c1)Oc1ccccc1B3c1ccccc1O2.CC(C)(C)c1cc2c3ccccc3n3c4ccccc4c(c1)c23.CC(C)(C)c1ccc2c(c1)-c1ccccc1-c1ccccc1-c1ccccc1-2.CC(C)(C)c1cccc2c1sc1ccccc12.CC(C)(C)c1cccc2sc3ccccc3c12. The maximum absolute atomic E-state index is 6.33. The lowest BCUT2D eigenvalue weighted by atomic mass is 9.34. The predicted octanol–water partition coefficient (Wildman–Crippen LogP) is 32.3. The van der Waals surface area contributed by atoms with Gasteiger partial charge in [0.1, 0.15) is 57.5 Å². The van der Waals surface area contributed by atoms with Crippen LogP contribution in [0.1, 0.15) is 158 Å². The van der Waals surface area contributed by atoms with Gasteiger partial charge < -0.3 is 28.1 Å². The molecule has 9 heterocycles. The smallest absolute Gasteiger partial charge is 0.270 e. The lowest BCUT2D eigenvalue weighted by Gasteiger charge is -2.38. The average molecular weight is 1810 g/mol. The highest BCUT2D eigenvalue weighted by molar-refractivity contribution is 7.26. The molecule has 5 aliphatic heterocycles. The van der Waals surface area contributed by atoms with E-state index < -0.39 is 0 Å². The van der Waals surface area contributed by atoms with Crippen LogP contribution in [0.25, 0.3) is 123 Å². The number of fused-ring (bicyclic) bond motifs is 24. The summed E-state index contributed by atoms with van der Waals surface area (Å²) in [6, 6.07) is 124. The van der Waals surface area contributed by atoms with E-state index in [4.69, 9.17) is 23.7 Å². The van der Waals surface area contributed by atoms with E-state index in [1.54, 1.807) is 0 Å². The third kappa shape index (κ3) is 15.3. The van der Waals surface area contributed by atoms with Crippen LogP contribution in [0, 0.1) is 0 Å².